The molecule has 108 valence electrons. The number of rotatable bonds is 6. The predicted octanol–water partition coefficient (Wildman–Crippen LogP) is 2.82. The normalized spacial score (nSPS) is 18.0. The van der Waals surface area contributed by atoms with Gasteiger partial charge in [-0.05, 0) is 44.6 Å². The van der Waals surface area contributed by atoms with Gasteiger partial charge in [0.25, 0.3) is 0 Å². The molecular weight excluding hydrogens is 236 g/mol. The van der Waals surface area contributed by atoms with Crippen LogP contribution in [0.3, 0.4) is 0 Å². The molecule has 0 saturated heterocycles. The Labute approximate surface area is 117 Å². The number of nitrogens with zero attached hydrogens (tertiary/aromatic N) is 3. The minimum Gasteiger partial charge on any atom is -0.314 e. The molecule has 0 amide bonds. The Morgan fingerprint density at radius 3 is 2.58 bits per heavy atom. The fraction of sp³-hybridized carbons (Fsp3) is 0.867. The molecule has 4 nitrogen and oxygen atoms in total. The monoisotopic (exact) mass is 264 g/mol. The van der Waals surface area contributed by atoms with Crippen molar-refractivity contribution in [1.82, 2.24) is 20.1 Å². The van der Waals surface area contributed by atoms with Crippen LogP contribution in [0.1, 0.15) is 59.3 Å². The lowest BCUT2D eigenvalue weighted by atomic mass is 9.78. The van der Waals surface area contributed by atoms with Gasteiger partial charge in [-0.3, -0.25) is 0 Å². The Morgan fingerprint density at radius 2 is 2.05 bits per heavy atom. The van der Waals surface area contributed by atoms with Gasteiger partial charge in [0.2, 0.25) is 0 Å². The smallest absolute Gasteiger partial charge is 0.138 e. The lowest BCUT2D eigenvalue weighted by molar-refractivity contribution is 0.223. The van der Waals surface area contributed by atoms with Gasteiger partial charge in [-0.15, -0.1) is 0 Å². The molecule has 4 heteroatoms. The molecule has 0 aliphatic heterocycles. The summed E-state index contributed by atoms with van der Waals surface area (Å²) in [5, 5.41) is 8.01. The Morgan fingerprint density at radius 1 is 1.37 bits per heavy atom. The van der Waals surface area contributed by atoms with Crippen LogP contribution in [0.5, 0.6) is 0 Å². The van der Waals surface area contributed by atoms with E-state index in [-0.39, 0.29) is 5.41 Å². The Kier molecular flexibility index (Phi) is 4.29. The lowest BCUT2D eigenvalue weighted by Crippen LogP contribution is -2.35. The van der Waals surface area contributed by atoms with Gasteiger partial charge in [0.1, 0.15) is 12.2 Å². The molecule has 1 N–H and O–H groups in total. The van der Waals surface area contributed by atoms with Crippen LogP contribution < -0.4 is 5.32 Å². The third kappa shape index (κ3) is 4.03. The van der Waals surface area contributed by atoms with Crippen molar-refractivity contribution in [1.29, 1.82) is 0 Å². The summed E-state index contributed by atoms with van der Waals surface area (Å²) in [5.41, 5.74) is 0.287. The average molecular weight is 264 g/mol. The molecule has 0 radical (unpaired) electrons. The fourth-order valence-electron chi connectivity index (χ4n) is 2.35. The van der Waals surface area contributed by atoms with E-state index in [1.54, 1.807) is 6.33 Å². The number of hydrogen-bond donors (Lipinski definition) is 1. The van der Waals surface area contributed by atoms with Gasteiger partial charge in [0.15, 0.2) is 0 Å². The second-order valence-corrected chi connectivity index (χ2v) is 7.16. The second kappa shape index (κ2) is 5.61. The van der Waals surface area contributed by atoms with Crippen LogP contribution >= 0.6 is 0 Å². The van der Waals surface area contributed by atoms with E-state index in [9.17, 15) is 0 Å². The first-order valence-corrected chi connectivity index (χ1v) is 7.49. The Balaban J connectivity index is 2.03. The molecule has 0 aromatic carbocycles. The molecule has 1 atom stereocenters. The summed E-state index contributed by atoms with van der Waals surface area (Å²) in [6.45, 7) is 12.4. The molecule has 1 heterocycles. The Hall–Kier alpha value is -0.900. The van der Waals surface area contributed by atoms with E-state index in [0.29, 0.717) is 12.0 Å². The van der Waals surface area contributed by atoms with Crippen LogP contribution in [0.25, 0.3) is 0 Å². The molecule has 1 saturated carbocycles. The fourth-order valence-corrected chi connectivity index (χ4v) is 2.35. The minimum atomic E-state index is 0.287. The van der Waals surface area contributed by atoms with Crippen LogP contribution in [0.4, 0.5) is 0 Å². The largest absolute Gasteiger partial charge is 0.314 e. The molecule has 1 aliphatic rings. The van der Waals surface area contributed by atoms with Crippen molar-refractivity contribution in [3.8, 4) is 0 Å². The SMILES string of the molecule is CC(C)n1ncnc1CC(CNC1CC1)C(C)(C)C. The summed E-state index contributed by atoms with van der Waals surface area (Å²) < 4.78 is 2.05. The van der Waals surface area contributed by atoms with Crippen molar-refractivity contribution >= 4 is 0 Å². The first-order chi connectivity index (χ1) is 8.88. The van der Waals surface area contributed by atoms with Crippen LogP contribution in [0.2, 0.25) is 0 Å². The summed E-state index contributed by atoms with van der Waals surface area (Å²) in [4.78, 5) is 4.46. The molecule has 19 heavy (non-hydrogen) atoms. The van der Waals surface area contributed by atoms with Crippen LogP contribution in [0, 0.1) is 11.3 Å². The first-order valence-electron chi connectivity index (χ1n) is 7.49. The highest BCUT2D eigenvalue weighted by Gasteiger charge is 2.29. The van der Waals surface area contributed by atoms with Crippen LogP contribution in [0.15, 0.2) is 6.33 Å². The van der Waals surface area contributed by atoms with Crippen molar-refractivity contribution in [2.45, 2.75) is 66.0 Å². The van der Waals surface area contributed by atoms with E-state index in [4.69, 9.17) is 0 Å². The van der Waals surface area contributed by atoms with Crippen molar-refractivity contribution in [2.24, 2.45) is 11.3 Å². The highest BCUT2D eigenvalue weighted by atomic mass is 15.3. The van der Waals surface area contributed by atoms with E-state index in [2.05, 4.69) is 54.7 Å². The third-order valence-electron chi connectivity index (χ3n) is 4.02. The maximum atomic E-state index is 4.46. The van der Waals surface area contributed by atoms with Gasteiger partial charge in [-0.2, -0.15) is 5.10 Å². The zero-order valence-electron chi connectivity index (χ0n) is 13.0. The van der Waals surface area contributed by atoms with E-state index in [0.717, 1.165) is 24.8 Å². The van der Waals surface area contributed by atoms with E-state index >= 15 is 0 Å². The van der Waals surface area contributed by atoms with Crippen LogP contribution in [-0.4, -0.2) is 27.4 Å². The van der Waals surface area contributed by atoms with Crippen molar-refractivity contribution in [3.63, 3.8) is 0 Å². The predicted molar refractivity (Wildman–Crippen MR) is 78.1 cm³/mol. The summed E-state index contributed by atoms with van der Waals surface area (Å²) in [7, 11) is 0. The lowest BCUT2D eigenvalue weighted by Gasteiger charge is -2.31. The van der Waals surface area contributed by atoms with Gasteiger partial charge in [-0.1, -0.05) is 20.8 Å². The molecule has 2 rings (SSSR count). The molecule has 1 aromatic rings. The summed E-state index contributed by atoms with van der Waals surface area (Å²) in [5.74, 6) is 1.71. The minimum absolute atomic E-state index is 0.287. The summed E-state index contributed by atoms with van der Waals surface area (Å²) in [6, 6.07) is 1.15. The maximum absolute atomic E-state index is 4.46. The molecule has 1 aliphatic carbocycles. The molecule has 1 aromatic heterocycles. The van der Waals surface area contributed by atoms with E-state index in [1.807, 2.05) is 0 Å². The van der Waals surface area contributed by atoms with Crippen molar-refractivity contribution in [3.05, 3.63) is 12.2 Å². The Bertz CT molecular complexity index is 399. The highest BCUT2D eigenvalue weighted by Crippen LogP contribution is 2.30. The highest BCUT2D eigenvalue weighted by molar-refractivity contribution is 4.94. The van der Waals surface area contributed by atoms with E-state index < -0.39 is 0 Å². The second-order valence-electron chi connectivity index (χ2n) is 7.16. The average Bonchev–Trinajstić information content (AvgIpc) is 2.99. The molecule has 1 unspecified atom stereocenters. The molecular formula is C15H28N4. The number of hydrogen-bond acceptors (Lipinski definition) is 3. The van der Waals surface area contributed by atoms with Crippen LogP contribution in [-0.2, 0) is 6.42 Å². The quantitative estimate of drug-likeness (QED) is 0.859. The zero-order valence-corrected chi connectivity index (χ0v) is 13.0. The van der Waals surface area contributed by atoms with Gasteiger partial charge < -0.3 is 5.32 Å². The first kappa shape index (κ1) is 14.5. The molecule has 1 fully saturated rings. The van der Waals surface area contributed by atoms with Crippen molar-refractivity contribution in [2.75, 3.05) is 6.54 Å². The zero-order chi connectivity index (χ0) is 14.0. The topological polar surface area (TPSA) is 42.7 Å². The molecule has 0 spiro atoms. The standard InChI is InChI=1S/C15H28N4/c1-11(2)19-14(17-10-18-19)8-12(15(3,4)5)9-16-13-6-7-13/h10-13,16H,6-9H2,1-5H3. The van der Waals surface area contributed by atoms with Gasteiger partial charge in [0, 0.05) is 18.5 Å². The van der Waals surface area contributed by atoms with Gasteiger partial charge in [0.05, 0.1) is 0 Å². The number of aromatic nitrogens is 3. The summed E-state index contributed by atoms with van der Waals surface area (Å²) >= 11 is 0. The van der Waals surface area contributed by atoms with Gasteiger partial charge >= 0.3 is 0 Å². The number of nitrogens with one attached hydrogen (secondary N) is 1. The van der Waals surface area contributed by atoms with Gasteiger partial charge in [-0.25, -0.2) is 9.67 Å². The third-order valence-corrected chi connectivity index (χ3v) is 4.02. The summed E-state index contributed by atoms with van der Waals surface area (Å²) in [6.07, 6.45) is 5.38. The van der Waals surface area contributed by atoms with E-state index in [1.165, 1.54) is 12.8 Å². The van der Waals surface area contributed by atoms with Crippen molar-refractivity contribution < 1.29 is 0 Å². The maximum Gasteiger partial charge on any atom is 0.138 e. The molecule has 0 bridgehead atoms.